The number of amides is 2. The minimum atomic E-state index is -0.474. The third-order valence-electron chi connectivity index (χ3n) is 2.30. The van der Waals surface area contributed by atoms with E-state index in [-0.39, 0.29) is 24.5 Å². The maximum atomic E-state index is 11.9. The molecule has 0 saturated carbocycles. The van der Waals surface area contributed by atoms with Gasteiger partial charge in [0, 0.05) is 18.5 Å². The summed E-state index contributed by atoms with van der Waals surface area (Å²) in [5.41, 5.74) is 5.11. The normalized spacial score (nSPS) is 12.6. The second-order valence-corrected chi connectivity index (χ2v) is 4.24. The van der Waals surface area contributed by atoms with Crippen LogP contribution in [-0.2, 0) is 9.59 Å². The van der Waals surface area contributed by atoms with E-state index in [2.05, 4.69) is 5.32 Å². The summed E-state index contributed by atoms with van der Waals surface area (Å²) in [6.07, 6.45) is 0.388. The molecule has 0 aromatic heterocycles. The third kappa shape index (κ3) is 5.70. The number of carbonyl (C=O) groups is 2. The number of carbonyl (C=O) groups excluding carboxylic acids is 2. The molecule has 0 aliphatic rings. The highest BCUT2D eigenvalue weighted by Crippen LogP contribution is 2.03. The van der Waals surface area contributed by atoms with Crippen LogP contribution in [0.4, 0.5) is 0 Å². The molecule has 0 rings (SSSR count). The van der Waals surface area contributed by atoms with Crippen molar-refractivity contribution in [1.29, 1.82) is 0 Å². The molecule has 0 fully saturated rings. The molecule has 0 aliphatic heterocycles. The van der Waals surface area contributed by atoms with Crippen LogP contribution in [0.3, 0.4) is 0 Å². The van der Waals surface area contributed by atoms with E-state index >= 15 is 0 Å². The van der Waals surface area contributed by atoms with Gasteiger partial charge in [0.05, 0.1) is 6.54 Å². The van der Waals surface area contributed by atoms with Gasteiger partial charge in [0.1, 0.15) is 0 Å². The van der Waals surface area contributed by atoms with Crippen molar-refractivity contribution < 1.29 is 9.59 Å². The summed E-state index contributed by atoms with van der Waals surface area (Å²) >= 11 is 0. The fourth-order valence-electron chi connectivity index (χ4n) is 1.53. The van der Waals surface area contributed by atoms with Crippen LogP contribution in [0.1, 0.15) is 34.1 Å². The van der Waals surface area contributed by atoms with Crippen LogP contribution in [-0.4, -0.2) is 41.9 Å². The van der Waals surface area contributed by atoms with Crippen molar-refractivity contribution >= 4 is 11.8 Å². The van der Waals surface area contributed by atoms with Crippen molar-refractivity contribution in [1.82, 2.24) is 10.2 Å². The summed E-state index contributed by atoms with van der Waals surface area (Å²) in [7, 11) is 0. The fourth-order valence-corrected chi connectivity index (χ4v) is 1.53. The van der Waals surface area contributed by atoms with Crippen LogP contribution in [0, 0.1) is 0 Å². The molecule has 2 amide bonds. The lowest BCUT2D eigenvalue weighted by Gasteiger charge is -2.26. The number of hydrogen-bond donors (Lipinski definition) is 2. The lowest BCUT2D eigenvalue weighted by atomic mass is 10.2. The SMILES string of the molecule is CCNC(C)CC(=O)N(CC(N)=O)C(C)C. The molecule has 0 spiro atoms. The summed E-state index contributed by atoms with van der Waals surface area (Å²) in [5, 5.41) is 3.16. The number of nitrogens with one attached hydrogen (secondary N) is 1. The first-order chi connectivity index (χ1) is 7.38. The van der Waals surface area contributed by atoms with Crippen molar-refractivity contribution in [2.45, 2.75) is 46.2 Å². The smallest absolute Gasteiger partial charge is 0.237 e. The average Bonchev–Trinajstić information content (AvgIpc) is 2.13. The number of rotatable bonds is 7. The Morgan fingerprint density at radius 2 is 1.88 bits per heavy atom. The predicted molar refractivity (Wildman–Crippen MR) is 63.8 cm³/mol. The summed E-state index contributed by atoms with van der Waals surface area (Å²) in [5.74, 6) is -0.514. The quantitative estimate of drug-likeness (QED) is 0.650. The maximum absolute atomic E-state index is 11.9. The Hall–Kier alpha value is -1.10. The van der Waals surface area contributed by atoms with Crippen LogP contribution in [0.5, 0.6) is 0 Å². The van der Waals surface area contributed by atoms with E-state index in [4.69, 9.17) is 5.73 Å². The molecule has 0 radical (unpaired) electrons. The standard InChI is InChI=1S/C11H23N3O2/c1-5-13-9(4)6-11(16)14(8(2)3)7-10(12)15/h8-9,13H,5-7H2,1-4H3,(H2,12,15). The Labute approximate surface area is 97.4 Å². The lowest BCUT2D eigenvalue weighted by molar-refractivity contribution is -0.137. The van der Waals surface area contributed by atoms with Crippen LogP contribution in [0.25, 0.3) is 0 Å². The molecule has 3 N–H and O–H groups in total. The van der Waals surface area contributed by atoms with E-state index in [1.165, 1.54) is 4.90 Å². The van der Waals surface area contributed by atoms with E-state index in [0.29, 0.717) is 6.42 Å². The zero-order valence-electron chi connectivity index (χ0n) is 10.6. The van der Waals surface area contributed by atoms with E-state index in [0.717, 1.165) is 6.54 Å². The molecule has 5 nitrogen and oxygen atoms in total. The Kier molecular flexibility index (Phi) is 6.72. The van der Waals surface area contributed by atoms with Gasteiger partial charge < -0.3 is 16.0 Å². The Balaban J connectivity index is 4.32. The monoisotopic (exact) mass is 229 g/mol. The van der Waals surface area contributed by atoms with E-state index in [1.54, 1.807) is 0 Å². The van der Waals surface area contributed by atoms with Gasteiger partial charge in [-0.1, -0.05) is 6.92 Å². The molecule has 0 heterocycles. The highest BCUT2D eigenvalue weighted by molar-refractivity contribution is 5.84. The van der Waals surface area contributed by atoms with Gasteiger partial charge in [-0.25, -0.2) is 0 Å². The molecule has 1 unspecified atom stereocenters. The molecule has 16 heavy (non-hydrogen) atoms. The molecular formula is C11H23N3O2. The second kappa shape index (κ2) is 7.22. The number of primary amides is 1. The Morgan fingerprint density at radius 3 is 2.25 bits per heavy atom. The van der Waals surface area contributed by atoms with Gasteiger partial charge in [0.2, 0.25) is 11.8 Å². The van der Waals surface area contributed by atoms with E-state index in [1.807, 2.05) is 27.7 Å². The van der Waals surface area contributed by atoms with Crippen molar-refractivity contribution in [3.63, 3.8) is 0 Å². The molecule has 0 bridgehead atoms. The van der Waals surface area contributed by atoms with Crippen molar-refractivity contribution in [3.8, 4) is 0 Å². The first-order valence-corrected chi connectivity index (χ1v) is 5.69. The summed E-state index contributed by atoms with van der Waals surface area (Å²) in [4.78, 5) is 24.2. The van der Waals surface area contributed by atoms with Crippen molar-refractivity contribution in [2.24, 2.45) is 5.73 Å². The topological polar surface area (TPSA) is 75.4 Å². The minimum absolute atomic E-state index is 0.00462. The van der Waals surface area contributed by atoms with Crippen LogP contribution < -0.4 is 11.1 Å². The van der Waals surface area contributed by atoms with Gasteiger partial charge >= 0.3 is 0 Å². The van der Waals surface area contributed by atoms with Gasteiger partial charge in [-0.15, -0.1) is 0 Å². The zero-order valence-corrected chi connectivity index (χ0v) is 10.6. The van der Waals surface area contributed by atoms with Gasteiger partial charge in [0.25, 0.3) is 0 Å². The highest BCUT2D eigenvalue weighted by atomic mass is 16.2. The van der Waals surface area contributed by atoms with Crippen LogP contribution in [0.15, 0.2) is 0 Å². The Morgan fingerprint density at radius 1 is 1.31 bits per heavy atom. The third-order valence-corrected chi connectivity index (χ3v) is 2.30. The molecule has 0 aliphatic carbocycles. The predicted octanol–water partition coefficient (Wildman–Crippen LogP) is 0.0968. The van der Waals surface area contributed by atoms with E-state index in [9.17, 15) is 9.59 Å². The molecule has 5 heteroatoms. The largest absolute Gasteiger partial charge is 0.368 e. The van der Waals surface area contributed by atoms with Gasteiger partial charge in [-0.05, 0) is 27.3 Å². The van der Waals surface area contributed by atoms with E-state index < -0.39 is 5.91 Å². The van der Waals surface area contributed by atoms with Gasteiger partial charge in [-0.2, -0.15) is 0 Å². The molecular weight excluding hydrogens is 206 g/mol. The minimum Gasteiger partial charge on any atom is -0.368 e. The molecule has 0 aromatic rings. The average molecular weight is 229 g/mol. The molecule has 0 aromatic carbocycles. The summed E-state index contributed by atoms with van der Waals surface area (Å²) in [6, 6.07) is 0.112. The second-order valence-electron chi connectivity index (χ2n) is 4.24. The first-order valence-electron chi connectivity index (χ1n) is 5.69. The zero-order chi connectivity index (χ0) is 12.7. The molecule has 0 saturated heterocycles. The van der Waals surface area contributed by atoms with Crippen molar-refractivity contribution in [3.05, 3.63) is 0 Å². The Bertz CT molecular complexity index is 241. The summed E-state index contributed by atoms with van der Waals surface area (Å²) in [6.45, 7) is 8.51. The van der Waals surface area contributed by atoms with Crippen LogP contribution >= 0.6 is 0 Å². The fraction of sp³-hybridized carbons (Fsp3) is 0.818. The number of hydrogen-bond acceptors (Lipinski definition) is 3. The highest BCUT2D eigenvalue weighted by Gasteiger charge is 2.20. The van der Waals surface area contributed by atoms with Crippen molar-refractivity contribution in [2.75, 3.05) is 13.1 Å². The molecule has 94 valence electrons. The lowest BCUT2D eigenvalue weighted by Crippen LogP contribution is -2.44. The van der Waals surface area contributed by atoms with Gasteiger partial charge in [0.15, 0.2) is 0 Å². The molecule has 1 atom stereocenters. The number of nitrogens with zero attached hydrogens (tertiary/aromatic N) is 1. The van der Waals surface area contributed by atoms with Gasteiger partial charge in [-0.3, -0.25) is 9.59 Å². The van der Waals surface area contributed by atoms with Crippen LogP contribution in [0.2, 0.25) is 0 Å². The maximum Gasteiger partial charge on any atom is 0.237 e. The number of nitrogens with two attached hydrogens (primary N) is 1. The summed E-state index contributed by atoms with van der Waals surface area (Å²) < 4.78 is 0. The first kappa shape index (κ1) is 14.9.